The number of amides is 2. The number of nitrogens with two attached hydrogens (primary N) is 1. The summed E-state index contributed by atoms with van der Waals surface area (Å²) in [6.07, 6.45) is 1.36. The molecule has 41 heavy (non-hydrogen) atoms. The first-order valence-corrected chi connectivity index (χ1v) is 14.2. The standard InChI is InChI=1S/C31H40N4O6/c1-5-31(6-2)15-25(37)35(29(32)34-31)27-22-13-20(11-12-24(22)41-18-30(27,16-39-3)17-40-4)28(38)33-26-21-10-8-7-9-19(21)14-23(26)36/h7-13,23,26-27,36H,5-6,14-18H2,1-4H3,(H2,32,34)(H,33,38)/t23-,26-,27?/m1/s1. The zero-order chi connectivity index (χ0) is 29.4. The fourth-order valence-corrected chi connectivity index (χ4v) is 6.67. The number of aliphatic hydroxyl groups is 1. The zero-order valence-electron chi connectivity index (χ0n) is 24.2. The van der Waals surface area contributed by atoms with Crippen LogP contribution < -0.4 is 15.8 Å². The lowest BCUT2D eigenvalue weighted by atomic mass is 9.74. The summed E-state index contributed by atoms with van der Waals surface area (Å²) in [7, 11) is 3.18. The molecule has 0 bridgehead atoms. The molecule has 0 saturated carbocycles. The van der Waals surface area contributed by atoms with E-state index in [2.05, 4.69) is 5.32 Å². The highest BCUT2D eigenvalue weighted by Gasteiger charge is 2.53. The van der Waals surface area contributed by atoms with Crippen molar-refractivity contribution in [3.63, 3.8) is 0 Å². The Balaban J connectivity index is 1.56. The highest BCUT2D eigenvalue weighted by molar-refractivity contribution is 6.00. The predicted octanol–water partition coefficient (Wildman–Crippen LogP) is 2.89. The topological polar surface area (TPSA) is 136 Å². The molecule has 0 saturated heterocycles. The second-order valence-corrected chi connectivity index (χ2v) is 11.4. The fourth-order valence-electron chi connectivity index (χ4n) is 6.67. The van der Waals surface area contributed by atoms with Crippen LogP contribution in [-0.4, -0.2) is 73.5 Å². The number of carbonyl (C=O) groups is 2. The lowest BCUT2D eigenvalue weighted by Crippen LogP contribution is -2.60. The van der Waals surface area contributed by atoms with E-state index in [0.29, 0.717) is 36.1 Å². The van der Waals surface area contributed by atoms with Crippen molar-refractivity contribution >= 4 is 17.8 Å². The van der Waals surface area contributed by atoms with Gasteiger partial charge in [0.05, 0.1) is 48.8 Å². The third-order valence-electron chi connectivity index (χ3n) is 8.94. The molecule has 0 aromatic heterocycles. The van der Waals surface area contributed by atoms with Crippen molar-refractivity contribution in [3.05, 3.63) is 64.7 Å². The SMILES string of the molecule is CCC1(CC)CC(=O)N(C2c3cc(C(=O)N[C@@H]4c5ccccc5C[C@H]4O)ccc3OCC2(COC)COC)C(N)=N1. The van der Waals surface area contributed by atoms with Crippen LogP contribution >= 0.6 is 0 Å². The Morgan fingerprint density at radius 3 is 2.51 bits per heavy atom. The largest absolute Gasteiger partial charge is 0.492 e. The molecule has 10 heteroatoms. The molecule has 4 N–H and O–H groups in total. The summed E-state index contributed by atoms with van der Waals surface area (Å²) in [6.45, 7) is 4.68. The molecular weight excluding hydrogens is 524 g/mol. The molecular formula is C31H40N4O6. The minimum absolute atomic E-state index is 0.139. The molecule has 5 rings (SSSR count). The lowest BCUT2D eigenvalue weighted by Gasteiger charge is -2.50. The molecule has 10 nitrogen and oxygen atoms in total. The highest BCUT2D eigenvalue weighted by atomic mass is 16.5. The molecule has 2 amide bonds. The van der Waals surface area contributed by atoms with Crippen molar-refractivity contribution < 1.29 is 28.9 Å². The van der Waals surface area contributed by atoms with Gasteiger partial charge in [-0.1, -0.05) is 38.1 Å². The summed E-state index contributed by atoms with van der Waals surface area (Å²) in [5, 5.41) is 13.7. The number of aliphatic imine (C=N–C) groups is 1. The van der Waals surface area contributed by atoms with Crippen LogP contribution in [0.25, 0.3) is 0 Å². The van der Waals surface area contributed by atoms with Gasteiger partial charge in [-0.25, -0.2) is 4.99 Å². The van der Waals surface area contributed by atoms with Gasteiger partial charge in [0.1, 0.15) is 12.4 Å². The van der Waals surface area contributed by atoms with E-state index in [9.17, 15) is 14.7 Å². The van der Waals surface area contributed by atoms with Gasteiger partial charge in [-0.2, -0.15) is 0 Å². The first kappa shape index (κ1) is 29.0. The number of carbonyl (C=O) groups excluding carboxylic acids is 2. The van der Waals surface area contributed by atoms with E-state index in [-0.39, 0.29) is 44.0 Å². The van der Waals surface area contributed by atoms with Crippen LogP contribution in [0.4, 0.5) is 0 Å². The predicted molar refractivity (Wildman–Crippen MR) is 154 cm³/mol. The number of aliphatic hydroxyl groups excluding tert-OH is 1. The van der Waals surface area contributed by atoms with Crippen LogP contribution in [0.5, 0.6) is 5.75 Å². The van der Waals surface area contributed by atoms with Gasteiger partial charge >= 0.3 is 0 Å². The van der Waals surface area contributed by atoms with E-state index >= 15 is 0 Å². The van der Waals surface area contributed by atoms with Crippen molar-refractivity contribution in [2.24, 2.45) is 16.1 Å². The summed E-state index contributed by atoms with van der Waals surface area (Å²) < 4.78 is 17.5. The number of nitrogens with one attached hydrogen (secondary N) is 1. The molecule has 0 radical (unpaired) electrons. The van der Waals surface area contributed by atoms with Crippen molar-refractivity contribution in [2.45, 2.75) is 63.3 Å². The van der Waals surface area contributed by atoms with Gasteiger partial charge in [0.25, 0.3) is 5.91 Å². The van der Waals surface area contributed by atoms with Crippen molar-refractivity contribution in [1.29, 1.82) is 0 Å². The molecule has 3 atom stereocenters. The van der Waals surface area contributed by atoms with Crippen LogP contribution in [-0.2, 0) is 20.7 Å². The monoisotopic (exact) mass is 564 g/mol. The van der Waals surface area contributed by atoms with Crippen LogP contribution in [0.2, 0.25) is 0 Å². The van der Waals surface area contributed by atoms with Crippen LogP contribution in [0.1, 0.15) is 72.2 Å². The average molecular weight is 565 g/mol. The van der Waals surface area contributed by atoms with Crippen LogP contribution in [0.3, 0.4) is 0 Å². The van der Waals surface area contributed by atoms with E-state index in [1.165, 1.54) is 0 Å². The minimum Gasteiger partial charge on any atom is -0.492 e. The van der Waals surface area contributed by atoms with Gasteiger partial charge in [0, 0.05) is 31.8 Å². The molecule has 2 aliphatic heterocycles. The molecule has 2 heterocycles. The van der Waals surface area contributed by atoms with E-state index in [4.69, 9.17) is 24.9 Å². The number of benzene rings is 2. The summed E-state index contributed by atoms with van der Waals surface area (Å²) in [5.41, 5.74) is 8.14. The first-order chi connectivity index (χ1) is 19.7. The number of rotatable bonds is 9. The van der Waals surface area contributed by atoms with E-state index in [0.717, 1.165) is 11.1 Å². The molecule has 2 aromatic rings. The quantitative estimate of drug-likeness (QED) is 0.426. The van der Waals surface area contributed by atoms with Gasteiger partial charge in [-0.05, 0) is 42.2 Å². The smallest absolute Gasteiger partial charge is 0.251 e. The Morgan fingerprint density at radius 2 is 1.85 bits per heavy atom. The highest BCUT2D eigenvalue weighted by Crippen LogP contribution is 2.49. The molecule has 0 spiro atoms. The molecule has 1 aliphatic carbocycles. The second-order valence-electron chi connectivity index (χ2n) is 11.4. The van der Waals surface area contributed by atoms with E-state index < -0.39 is 29.1 Å². The summed E-state index contributed by atoms with van der Waals surface area (Å²) in [4.78, 5) is 33.9. The molecule has 3 aliphatic rings. The number of hydrogen-bond acceptors (Lipinski definition) is 8. The Kier molecular flexibility index (Phi) is 8.09. The maximum Gasteiger partial charge on any atom is 0.251 e. The average Bonchev–Trinajstić information content (AvgIpc) is 3.28. The number of ether oxygens (including phenoxy) is 3. The van der Waals surface area contributed by atoms with E-state index in [1.54, 1.807) is 37.3 Å². The molecule has 220 valence electrons. The van der Waals surface area contributed by atoms with Crippen molar-refractivity contribution in [3.8, 4) is 5.75 Å². The van der Waals surface area contributed by atoms with E-state index in [1.807, 2.05) is 38.1 Å². The zero-order valence-corrected chi connectivity index (χ0v) is 24.2. The Labute approximate surface area is 240 Å². The van der Waals surface area contributed by atoms with Gasteiger partial charge in [0.15, 0.2) is 5.96 Å². The Morgan fingerprint density at radius 1 is 1.15 bits per heavy atom. The van der Waals surface area contributed by atoms with Crippen molar-refractivity contribution in [2.75, 3.05) is 34.0 Å². The van der Waals surface area contributed by atoms with Crippen LogP contribution in [0.15, 0.2) is 47.5 Å². The number of guanidine groups is 1. The van der Waals surface area contributed by atoms with Gasteiger partial charge in [0.2, 0.25) is 5.91 Å². The number of hydrogen-bond donors (Lipinski definition) is 3. The van der Waals surface area contributed by atoms with Crippen LogP contribution in [0, 0.1) is 5.41 Å². The fraction of sp³-hybridized carbons (Fsp3) is 0.516. The Bertz CT molecular complexity index is 1330. The summed E-state index contributed by atoms with van der Waals surface area (Å²) in [6, 6.07) is 11.7. The molecule has 0 fully saturated rings. The first-order valence-electron chi connectivity index (χ1n) is 14.2. The van der Waals surface area contributed by atoms with Gasteiger partial charge < -0.3 is 30.4 Å². The maximum atomic E-state index is 13.9. The molecule has 1 unspecified atom stereocenters. The summed E-state index contributed by atoms with van der Waals surface area (Å²) in [5.74, 6) is 0.199. The number of fused-ring (bicyclic) bond motifs is 2. The number of methoxy groups -OCH3 is 2. The maximum absolute atomic E-state index is 13.9. The third kappa shape index (κ3) is 5.09. The van der Waals surface area contributed by atoms with Gasteiger partial charge in [-0.3, -0.25) is 14.5 Å². The number of nitrogens with zero attached hydrogens (tertiary/aromatic N) is 2. The van der Waals surface area contributed by atoms with Gasteiger partial charge in [-0.15, -0.1) is 0 Å². The molecule has 2 aromatic carbocycles. The Hall–Kier alpha value is -3.47. The summed E-state index contributed by atoms with van der Waals surface area (Å²) >= 11 is 0. The lowest BCUT2D eigenvalue weighted by molar-refractivity contribution is -0.140. The normalized spacial score (nSPS) is 24.2. The third-order valence-corrected chi connectivity index (χ3v) is 8.94. The van der Waals surface area contributed by atoms with Crippen molar-refractivity contribution in [1.82, 2.24) is 10.2 Å². The minimum atomic E-state index is -0.819. The second kappa shape index (κ2) is 11.4.